The maximum Gasteiger partial charge on any atom is 0.0720 e. The Morgan fingerprint density at radius 2 is 1.00 bits per heavy atom. The highest BCUT2D eigenvalue weighted by molar-refractivity contribution is 7.26. The molecule has 0 spiro atoms. The maximum absolute atomic E-state index is 2.57. The van der Waals surface area contributed by atoms with E-state index in [1.807, 2.05) is 11.3 Å². The Kier molecular flexibility index (Phi) is 5.02. The number of hydrogen-bond donors (Lipinski definition) is 0. The van der Waals surface area contributed by atoms with Crippen LogP contribution in [0.1, 0.15) is 0 Å². The van der Waals surface area contributed by atoms with E-state index >= 15 is 0 Å². The van der Waals surface area contributed by atoms with Gasteiger partial charge in [0.25, 0.3) is 0 Å². The normalized spacial score (nSPS) is 12.3. The molecule has 0 radical (unpaired) electrons. The van der Waals surface area contributed by atoms with Gasteiger partial charge in [0.1, 0.15) is 0 Å². The van der Waals surface area contributed by atoms with Crippen molar-refractivity contribution in [1.82, 2.24) is 9.13 Å². The van der Waals surface area contributed by atoms with Gasteiger partial charge >= 0.3 is 0 Å². The number of aromatic nitrogens is 2. The van der Waals surface area contributed by atoms with Gasteiger partial charge < -0.3 is 9.13 Å². The molecule has 11 aromatic rings. The molecule has 0 saturated heterocycles. The van der Waals surface area contributed by atoms with E-state index in [2.05, 4.69) is 167 Å². The largest absolute Gasteiger partial charge is 0.309 e. The maximum atomic E-state index is 2.57. The third-order valence-electron chi connectivity index (χ3n) is 10.1. The summed E-state index contributed by atoms with van der Waals surface area (Å²) in [6.07, 6.45) is 0. The van der Waals surface area contributed by atoms with Gasteiger partial charge in [0.05, 0.1) is 32.5 Å². The summed E-state index contributed by atoms with van der Waals surface area (Å²) >= 11 is 1.91. The van der Waals surface area contributed by atoms with Crippen LogP contribution in [0.5, 0.6) is 0 Å². The first-order valence-electron chi connectivity index (χ1n) is 16.1. The molecule has 11 rings (SSSR count). The molecule has 0 bridgehead atoms. The topological polar surface area (TPSA) is 9.86 Å². The molecule has 0 aliphatic carbocycles. The van der Waals surface area contributed by atoms with Crippen LogP contribution in [-0.4, -0.2) is 9.13 Å². The highest BCUT2D eigenvalue weighted by atomic mass is 32.1. The summed E-state index contributed by atoms with van der Waals surface area (Å²) < 4.78 is 7.66. The zero-order valence-electron chi connectivity index (χ0n) is 25.3. The Bertz CT molecular complexity index is 3070. The van der Waals surface area contributed by atoms with E-state index in [9.17, 15) is 0 Å². The molecule has 0 aliphatic heterocycles. The van der Waals surface area contributed by atoms with Gasteiger partial charge in [-0.05, 0) is 58.6 Å². The summed E-state index contributed by atoms with van der Waals surface area (Å²) in [6.45, 7) is 0. The molecule has 218 valence electrons. The van der Waals surface area contributed by atoms with Gasteiger partial charge in [-0.3, -0.25) is 0 Å². The SMILES string of the molecule is c1ccc(-n2c3ccccc3c3cc4c5ccc6c7ccccc7sc6c5n(-c5cc6ccccc6c6ccccc56)c4cc32)cc1. The number of benzene rings is 8. The Hall–Kier alpha value is -5.90. The number of thiophene rings is 1. The summed E-state index contributed by atoms with van der Waals surface area (Å²) in [6, 6.07) is 58.1. The zero-order chi connectivity index (χ0) is 30.6. The van der Waals surface area contributed by atoms with Gasteiger partial charge in [-0.2, -0.15) is 0 Å². The van der Waals surface area contributed by atoms with Crippen LogP contribution in [0.4, 0.5) is 0 Å². The molecule has 0 aliphatic rings. The van der Waals surface area contributed by atoms with Crippen LogP contribution in [0, 0.1) is 0 Å². The molecule has 0 atom stereocenters. The van der Waals surface area contributed by atoms with Crippen LogP contribution in [0.15, 0.2) is 158 Å². The molecule has 3 heterocycles. The quantitative estimate of drug-likeness (QED) is 0.171. The fraction of sp³-hybridized carbons (Fsp3) is 0. The standard InChI is InChI=1S/C44H26N2S/c1-2-13-28(14-3-1)45-38-20-10-8-18-32(38)36-25-37-34-22-23-35-33-19-9-11-21-42(33)47-44(35)43(34)46(41(37)26-40(36)45)39-24-27-12-4-5-15-29(27)30-16-6-7-17-31(30)39/h1-26H. The van der Waals surface area contributed by atoms with E-state index in [1.54, 1.807) is 0 Å². The van der Waals surface area contributed by atoms with Gasteiger partial charge in [-0.15, -0.1) is 11.3 Å². The number of hydrogen-bond acceptors (Lipinski definition) is 1. The lowest BCUT2D eigenvalue weighted by atomic mass is 10.00. The van der Waals surface area contributed by atoms with Crippen molar-refractivity contribution in [3.8, 4) is 11.4 Å². The third-order valence-corrected chi connectivity index (χ3v) is 11.3. The van der Waals surface area contributed by atoms with E-state index in [4.69, 9.17) is 0 Å². The molecule has 8 aromatic carbocycles. The lowest BCUT2D eigenvalue weighted by Crippen LogP contribution is -1.97. The van der Waals surface area contributed by atoms with E-state index in [1.165, 1.54) is 96.7 Å². The Morgan fingerprint density at radius 3 is 1.87 bits per heavy atom. The molecule has 3 heteroatoms. The first-order chi connectivity index (χ1) is 23.3. The van der Waals surface area contributed by atoms with E-state index in [0.29, 0.717) is 0 Å². The molecular weight excluding hydrogens is 589 g/mol. The summed E-state index contributed by atoms with van der Waals surface area (Å²) in [5, 5.41) is 12.8. The third kappa shape index (κ3) is 3.39. The van der Waals surface area contributed by atoms with Crippen LogP contribution in [0.25, 0.3) is 96.7 Å². The van der Waals surface area contributed by atoms with Crippen molar-refractivity contribution < 1.29 is 0 Å². The van der Waals surface area contributed by atoms with Crippen molar-refractivity contribution in [2.24, 2.45) is 0 Å². The predicted molar refractivity (Wildman–Crippen MR) is 203 cm³/mol. The van der Waals surface area contributed by atoms with Crippen LogP contribution in [0.2, 0.25) is 0 Å². The van der Waals surface area contributed by atoms with Gasteiger partial charge in [-0.25, -0.2) is 0 Å². The highest BCUT2D eigenvalue weighted by Gasteiger charge is 2.22. The second-order valence-electron chi connectivity index (χ2n) is 12.5. The molecule has 0 amide bonds. The smallest absolute Gasteiger partial charge is 0.0720 e. The molecule has 3 aromatic heterocycles. The van der Waals surface area contributed by atoms with Crippen molar-refractivity contribution in [3.63, 3.8) is 0 Å². The van der Waals surface area contributed by atoms with Crippen LogP contribution in [-0.2, 0) is 0 Å². The predicted octanol–water partition coefficient (Wildman–Crippen LogP) is 12.6. The minimum absolute atomic E-state index is 1.17. The molecule has 0 unspecified atom stereocenters. The number of fused-ring (bicyclic) bond motifs is 13. The minimum Gasteiger partial charge on any atom is -0.309 e. The number of para-hydroxylation sites is 2. The van der Waals surface area contributed by atoms with Crippen molar-refractivity contribution >= 4 is 96.7 Å². The van der Waals surface area contributed by atoms with E-state index in [-0.39, 0.29) is 0 Å². The van der Waals surface area contributed by atoms with Gasteiger partial charge in [-0.1, -0.05) is 115 Å². The number of nitrogens with zero attached hydrogens (tertiary/aromatic N) is 2. The van der Waals surface area contributed by atoms with Crippen molar-refractivity contribution in [2.75, 3.05) is 0 Å². The monoisotopic (exact) mass is 614 g/mol. The van der Waals surface area contributed by atoms with Crippen LogP contribution in [0.3, 0.4) is 0 Å². The Labute approximate surface area is 273 Å². The van der Waals surface area contributed by atoms with Crippen LogP contribution < -0.4 is 0 Å². The van der Waals surface area contributed by atoms with Gasteiger partial charge in [0.15, 0.2) is 0 Å². The lowest BCUT2D eigenvalue weighted by Gasteiger charge is -2.15. The highest BCUT2D eigenvalue weighted by Crippen LogP contribution is 2.46. The van der Waals surface area contributed by atoms with Crippen LogP contribution >= 0.6 is 11.3 Å². The van der Waals surface area contributed by atoms with Crippen molar-refractivity contribution in [1.29, 1.82) is 0 Å². The average Bonchev–Trinajstić information content (AvgIpc) is 3.78. The Balaban J connectivity index is 1.40. The summed E-state index contributed by atoms with van der Waals surface area (Å²) in [5.74, 6) is 0. The molecule has 0 fully saturated rings. The molecular formula is C44H26N2S. The Morgan fingerprint density at radius 1 is 0.362 bits per heavy atom. The molecule has 47 heavy (non-hydrogen) atoms. The van der Waals surface area contributed by atoms with Crippen molar-refractivity contribution in [3.05, 3.63) is 158 Å². The molecule has 0 saturated carbocycles. The fourth-order valence-electron chi connectivity index (χ4n) is 8.06. The van der Waals surface area contributed by atoms with Crippen molar-refractivity contribution in [2.45, 2.75) is 0 Å². The lowest BCUT2D eigenvalue weighted by molar-refractivity contribution is 1.17. The second kappa shape index (κ2) is 9.32. The van der Waals surface area contributed by atoms with E-state index in [0.717, 1.165) is 0 Å². The summed E-state index contributed by atoms with van der Waals surface area (Å²) in [5.41, 5.74) is 7.32. The van der Waals surface area contributed by atoms with E-state index < -0.39 is 0 Å². The van der Waals surface area contributed by atoms with Gasteiger partial charge in [0.2, 0.25) is 0 Å². The molecule has 2 nitrogen and oxygen atoms in total. The first kappa shape index (κ1) is 25.3. The number of rotatable bonds is 2. The summed E-state index contributed by atoms with van der Waals surface area (Å²) in [7, 11) is 0. The van der Waals surface area contributed by atoms with Gasteiger partial charge in [0, 0.05) is 48.1 Å². The fourth-order valence-corrected chi connectivity index (χ4v) is 9.30. The first-order valence-corrected chi connectivity index (χ1v) is 16.9. The minimum atomic E-state index is 1.17. The average molecular weight is 615 g/mol. The second-order valence-corrected chi connectivity index (χ2v) is 13.6. The molecule has 0 N–H and O–H groups in total. The zero-order valence-corrected chi connectivity index (χ0v) is 26.1. The summed E-state index contributed by atoms with van der Waals surface area (Å²) in [4.78, 5) is 0.